The fourth-order valence-electron chi connectivity index (χ4n) is 3.60. The second-order valence-corrected chi connectivity index (χ2v) is 9.09. The molecule has 2 aromatic rings. The van der Waals surface area contributed by atoms with Gasteiger partial charge in [0, 0.05) is 45.5 Å². The van der Waals surface area contributed by atoms with Gasteiger partial charge in [0.25, 0.3) is 0 Å². The normalized spacial score (nSPS) is 14.1. The van der Waals surface area contributed by atoms with Crippen molar-refractivity contribution in [3.05, 3.63) is 54.1 Å². The number of alkyl carbamates (subject to hydrolysis) is 1. The van der Waals surface area contributed by atoms with E-state index in [1.54, 1.807) is 32.7 Å². The van der Waals surface area contributed by atoms with Gasteiger partial charge in [0.1, 0.15) is 12.1 Å². The molecule has 0 atom stereocenters. The highest BCUT2D eigenvalue weighted by Crippen LogP contribution is 2.24. The fourth-order valence-corrected chi connectivity index (χ4v) is 3.60. The summed E-state index contributed by atoms with van der Waals surface area (Å²) in [6.07, 6.45) is -0.592. The van der Waals surface area contributed by atoms with Gasteiger partial charge in [-0.05, 0) is 55.7 Å². The third kappa shape index (κ3) is 6.99. The summed E-state index contributed by atoms with van der Waals surface area (Å²) in [6.45, 7) is 9.80. The Labute approximate surface area is 190 Å². The standard InChI is InChI=1S/C25H34N4O3/c1-25(2,3)32-24(31)27-17-23(30)28(4)18-19-6-5-7-21(16-19)20-8-10-22(11-9-20)29-14-12-26-13-15-29/h5-11,16,26H,12-15,17-18H2,1-4H3,(H,27,31). The molecule has 0 unspecified atom stereocenters. The summed E-state index contributed by atoms with van der Waals surface area (Å²) in [6, 6.07) is 16.8. The van der Waals surface area contributed by atoms with Crippen LogP contribution in [-0.4, -0.2) is 62.3 Å². The van der Waals surface area contributed by atoms with Gasteiger partial charge in [-0.3, -0.25) is 4.79 Å². The Morgan fingerprint density at radius 2 is 1.75 bits per heavy atom. The lowest BCUT2D eigenvalue weighted by Crippen LogP contribution is -2.43. The van der Waals surface area contributed by atoms with E-state index in [4.69, 9.17) is 4.74 Å². The lowest BCUT2D eigenvalue weighted by Gasteiger charge is -2.29. The summed E-state index contributed by atoms with van der Waals surface area (Å²) >= 11 is 0. The maximum atomic E-state index is 12.4. The molecule has 32 heavy (non-hydrogen) atoms. The molecule has 7 heteroatoms. The zero-order valence-electron chi connectivity index (χ0n) is 19.5. The zero-order valence-corrected chi connectivity index (χ0v) is 19.5. The van der Waals surface area contributed by atoms with Gasteiger partial charge in [-0.25, -0.2) is 4.79 Å². The number of hydrogen-bond acceptors (Lipinski definition) is 5. The van der Waals surface area contributed by atoms with Crippen molar-refractivity contribution in [2.45, 2.75) is 32.9 Å². The largest absolute Gasteiger partial charge is 0.444 e. The van der Waals surface area contributed by atoms with Gasteiger partial charge < -0.3 is 25.2 Å². The molecule has 0 aromatic heterocycles. The number of nitrogens with one attached hydrogen (secondary N) is 2. The van der Waals surface area contributed by atoms with Crippen LogP contribution in [0, 0.1) is 0 Å². The van der Waals surface area contributed by atoms with E-state index in [-0.39, 0.29) is 12.5 Å². The Morgan fingerprint density at radius 3 is 2.41 bits per heavy atom. The van der Waals surface area contributed by atoms with Crippen LogP contribution in [0.25, 0.3) is 11.1 Å². The highest BCUT2D eigenvalue weighted by atomic mass is 16.6. The third-order valence-corrected chi connectivity index (χ3v) is 5.24. The summed E-state index contributed by atoms with van der Waals surface area (Å²) in [5, 5.41) is 5.89. The minimum Gasteiger partial charge on any atom is -0.444 e. The molecule has 0 aliphatic carbocycles. The first-order valence-corrected chi connectivity index (χ1v) is 11.1. The van der Waals surface area contributed by atoms with E-state index < -0.39 is 11.7 Å². The number of carbonyl (C=O) groups excluding carboxylic acids is 2. The topological polar surface area (TPSA) is 73.9 Å². The van der Waals surface area contributed by atoms with E-state index >= 15 is 0 Å². The van der Waals surface area contributed by atoms with Gasteiger partial charge in [-0.2, -0.15) is 0 Å². The first kappa shape index (κ1) is 23.6. The van der Waals surface area contributed by atoms with Crippen molar-refractivity contribution < 1.29 is 14.3 Å². The van der Waals surface area contributed by atoms with Crippen molar-refractivity contribution in [1.82, 2.24) is 15.5 Å². The van der Waals surface area contributed by atoms with Crippen molar-refractivity contribution in [2.75, 3.05) is 44.7 Å². The molecule has 1 aliphatic rings. The Kier molecular flexibility index (Phi) is 7.75. The highest BCUT2D eigenvalue weighted by molar-refractivity contribution is 5.82. The number of hydrogen-bond donors (Lipinski definition) is 2. The molecule has 1 saturated heterocycles. The molecule has 2 N–H and O–H groups in total. The van der Waals surface area contributed by atoms with Crippen LogP contribution in [0.1, 0.15) is 26.3 Å². The molecule has 1 heterocycles. The number of rotatable bonds is 6. The Morgan fingerprint density at radius 1 is 1.06 bits per heavy atom. The van der Waals surface area contributed by atoms with Crippen LogP contribution in [0.15, 0.2) is 48.5 Å². The zero-order chi connectivity index (χ0) is 23.1. The number of anilines is 1. The van der Waals surface area contributed by atoms with E-state index in [2.05, 4.69) is 51.9 Å². The number of piperazine rings is 1. The van der Waals surface area contributed by atoms with E-state index in [0.717, 1.165) is 42.9 Å². The summed E-state index contributed by atoms with van der Waals surface area (Å²) in [7, 11) is 1.73. The highest BCUT2D eigenvalue weighted by Gasteiger charge is 2.18. The smallest absolute Gasteiger partial charge is 0.408 e. The first-order valence-electron chi connectivity index (χ1n) is 11.1. The predicted molar refractivity (Wildman–Crippen MR) is 128 cm³/mol. The first-order chi connectivity index (χ1) is 15.2. The fraction of sp³-hybridized carbons (Fsp3) is 0.440. The van der Waals surface area contributed by atoms with Crippen LogP contribution in [0.5, 0.6) is 0 Å². The van der Waals surface area contributed by atoms with Crippen LogP contribution in [0.4, 0.5) is 10.5 Å². The monoisotopic (exact) mass is 438 g/mol. The van der Waals surface area contributed by atoms with Crippen molar-refractivity contribution in [1.29, 1.82) is 0 Å². The van der Waals surface area contributed by atoms with Gasteiger partial charge in [-0.1, -0.05) is 30.3 Å². The molecule has 3 rings (SSSR count). The van der Waals surface area contributed by atoms with Crippen molar-refractivity contribution in [3.8, 4) is 11.1 Å². The van der Waals surface area contributed by atoms with Crippen molar-refractivity contribution >= 4 is 17.7 Å². The molecule has 1 aliphatic heterocycles. The summed E-state index contributed by atoms with van der Waals surface area (Å²) in [5.41, 5.74) is 3.94. The molecular weight excluding hydrogens is 404 g/mol. The van der Waals surface area contributed by atoms with E-state index in [0.29, 0.717) is 6.54 Å². The van der Waals surface area contributed by atoms with Crippen LogP contribution in [-0.2, 0) is 16.1 Å². The molecule has 0 saturated carbocycles. The average molecular weight is 439 g/mol. The van der Waals surface area contributed by atoms with Gasteiger partial charge in [0.2, 0.25) is 5.91 Å². The number of nitrogens with zero attached hydrogens (tertiary/aromatic N) is 2. The maximum absolute atomic E-state index is 12.4. The summed E-state index contributed by atoms with van der Waals surface area (Å²) in [5.74, 6) is -0.179. The second kappa shape index (κ2) is 10.5. The lowest BCUT2D eigenvalue weighted by atomic mass is 10.0. The van der Waals surface area contributed by atoms with Gasteiger partial charge in [-0.15, -0.1) is 0 Å². The minimum absolute atomic E-state index is 0.0986. The van der Waals surface area contributed by atoms with E-state index in [9.17, 15) is 9.59 Å². The number of amides is 2. The minimum atomic E-state index is -0.595. The van der Waals surface area contributed by atoms with Crippen LogP contribution >= 0.6 is 0 Å². The number of ether oxygens (including phenoxy) is 1. The molecule has 2 aromatic carbocycles. The number of likely N-dealkylation sites (N-methyl/N-ethyl adjacent to an activating group) is 1. The molecular formula is C25H34N4O3. The predicted octanol–water partition coefficient (Wildman–Crippen LogP) is 3.25. The van der Waals surface area contributed by atoms with Gasteiger partial charge >= 0.3 is 6.09 Å². The third-order valence-electron chi connectivity index (χ3n) is 5.24. The summed E-state index contributed by atoms with van der Waals surface area (Å²) in [4.78, 5) is 28.2. The molecule has 0 bridgehead atoms. The Bertz CT molecular complexity index is 916. The van der Waals surface area contributed by atoms with Gasteiger partial charge in [0.05, 0.1) is 0 Å². The molecule has 0 spiro atoms. The average Bonchev–Trinajstić information content (AvgIpc) is 2.77. The summed E-state index contributed by atoms with van der Waals surface area (Å²) < 4.78 is 5.17. The molecule has 0 radical (unpaired) electrons. The molecule has 172 valence electrons. The van der Waals surface area contributed by atoms with Gasteiger partial charge in [0.15, 0.2) is 0 Å². The quantitative estimate of drug-likeness (QED) is 0.724. The molecule has 7 nitrogen and oxygen atoms in total. The maximum Gasteiger partial charge on any atom is 0.408 e. The van der Waals surface area contributed by atoms with Crippen LogP contribution in [0.3, 0.4) is 0 Å². The van der Waals surface area contributed by atoms with E-state index in [1.807, 2.05) is 12.1 Å². The molecule has 2 amide bonds. The van der Waals surface area contributed by atoms with Crippen molar-refractivity contribution in [2.24, 2.45) is 0 Å². The van der Waals surface area contributed by atoms with Crippen LogP contribution < -0.4 is 15.5 Å². The van der Waals surface area contributed by atoms with Crippen LogP contribution in [0.2, 0.25) is 0 Å². The lowest BCUT2D eigenvalue weighted by molar-refractivity contribution is -0.129. The Balaban J connectivity index is 1.57. The SMILES string of the molecule is CN(Cc1cccc(-c2ccc(N3CCNCC3)cc2)c1)C(=O)CNC(=O)OC(C)(C)C. The van der Waals surface area contributed by atoms with E-state index in [1.165, 1.54) is 5.69 Å². The number of carbonyl (C=O) groups is 2. The number of benzene rings is 2. The Hall–Kier alpha value is -3.06. The molecule has 1 fully saturated rings. The van der Waals surface area contributed by atoms with Crippen molar-refractivity contribution in [3.63, 3.8) is 0 Å². The second-order valence-electron chi connectivity index (χ2n) is 9.09.